The number of carbonyl (C=O) groups is 2. The van der Waals surface area contributed by atoms with Crippen LogP contribution in [-0.4, -0.2) is 45.5 Å². The second-order valence-corrected chi connectivity index (χ2v) is 12.5. The van der Waals surface area contributed by atoms with Crippen molar-refractivity contribution in [3.63, 3.8) is 0 Å². The first-order valence-electron chi connectivity index (χ1n) is 13.1. The van der Waals surface area contributed by atoms with Crippen molar-refractivity contribution in [3.8, 4) is 0 Å². The first-order valence-corrected chi connectivity index (χ1v) is 15.4. The highest BCUT2D eigenvalue weighted by Crippen LogP contribution is 2.33. The van der Waals surface area contributed by atoms with Gasteiger partial charge in [0.15, 0.2) is 5.17 Å². The van der Waals surface area contributed by atoms with Gasteiger partial charge in [-0.25, -0.2) is 28.1 Å². The zero-order chi connectivity index (χ0) is 29.7. The highest BCUT2D eigenvalue weighted by Gasteiger charge is 2.39. The third kappa shape index (κ3) is 7.20. The minimum Gasteiger partial charge on any atom is -0.326 e. The number of hydrogen-bond acceptors (Lipinski definition) is 8. The minimum absolute atomic E-state index is 0.0110. The summed E-state index contributed by atoms with van der Waals surface area (Å²) in [5.74, 6) is -0.589. The predicted molar refractivity (Wildman–Crippen MR) is 164 cm³/mol. The Kier molecular flexibility index (Phi) is 8.64. The number of aryl methyl sites for hydroxylation is 2. The first-order chi connectivity index (χ1) is 20.2. The standard InChI is InChI=1S/C30H28N6O4S2/c1-20-17-21(2)32-29(31-20)35-42(39,40)25-15-13-24(14-16-25)33-27(37)18-26-28(38)36(19-22-9-5-3-6-10-22)30(41-26)34-23-11-7-4-8-12-23/h3-17,26H,18-19H2,1-2H3,(H,33,37)(H,31,32,35). The Balaban J connectivity index is 1.26. The topological polar surface area (TPSA) is 134 Å². The summed E-state index contributed by atoms with van der Waals surface area (Å²) in [5.41, 5.74) is 3.34. The Morgan fingerprint density at radius 3 is 2.19 bits per heavy atom. The number of amidine groups is 1. The molecule has 0 radical (unpaired) electrons. The Labute approximate surface area is 248 Å². The van der Waals surface area contributed by atoms with Gasteiger partial charge in [-0.05, 0) is 61.9 Å². The van der Waals surface area contributed by atoms with Gasteiger partial charge < -0.3 is 5.32 Å². The summed E-state index contributed by atoms with van der Waals surface area (Å²) in [6.45, 7) is 3.84. The Bertz CT molecular complexity index is 1710. The molecule has 1 saturated heterocycles. The summed E-state index contributed by atoms with van der Waals surface area (Å²) in [6, 6.07) is 26.4. The van der Waals surface area contributed by atoms with Crippen LogP contribution < -0.4 is 10.0 Å². The van der Waals surface area contributed by atoms with Crippen LogP contribution in [0.1, 0.15) is 23.4 Å². The second-order valence-electron chi connectivity index (χ2n) is 9.60. The van der Waals surface area contributed by atoms with E-state index < -0.39 is 15.3 Å². The molecule has 0 saturated carbocycles. The van der Waals surface area contributed by atoms with Crippen LogP contribution >= 0.6 is 11.8 Å². The Morgan fingerprint density at radius 1 is 0.929 bits per heavy atom. The molecule has 1 unspecified atom stereocenters. The molecular weight excluding hydrogens is 573 g/mol. The molecule has 2 amide bonds. The first kappa shape index (κ1) is 29.0. The van der Waals surface area contributed by atoms with Gasteiger partial charge in [-0.2, -0.15) is 0 Å². The minimum atomic E-state index is -3.94. The number of para-hydroxylation sites is 1. The average molecular weight is 601 g/mol. The van der Waals surface area contributed by atoms with E-state index in [0.29, 0.717) is 34.5 Å². The van der Waals surface area contributed by atoms with Crippen molar-refractivity contribution < 1.29 is 18.0 Å². The molecule has 214 valence electrons. The molecule has 1 fully saturated rings. The van der Waals surface area contributed by atoms with Crippen molar-refractivity contribution >= 4 is 56.1 Å². The lowest BCUT2D eigenvalue weighted by Gasteiger charge is -2.16. The molecular formula is C30H28N6O4S2. The molecule has 1 aromatic heterocycles. The third-order valence-corrected chi connectivity index (χ3v) is 8.73. The fraction of sp³-hybridized carbons (Fsp3) is 0.167. The summed E-state index contributed by atoms with van der Waals surface area (Å²) in [5, 5.41) is 2.63. The fourth-order valence-corrected chi connectivity index (χ4v) is 6.40. The van der Waals surface area contributed by atoms with Crippen LogP contribution in [0, 0.1) is 13.8 Å². The van der Waals surface area contributed by atoms with E-state index in [-0.39, 0.29) is 29.1 Å². The molecule has 0 bridgehead atoms. The number of nitrogens with one attached hydrogen (secondary N) is 2. The summed E-state index contributed by atoms with van der Waals surface area (Å²) >= 11 is 1.25. The van der Waals surface area contributed by atoms with E-state index >= 15 is 0 Å². The van der Waals surface area contributed by atoms with Gasteiger partial charge in [-0.1, -0.05) is 60.3 Å². The Hall–Kier alpha value is -4.55. The molecule has 3 aromatic carbocycles. The molecule has 42 heavy (non-hydrogen) atoms. The molecule has 2 heterocycles. The van der Waals surface area contributed by atoms with Crippen LogP contribution in [0.5, 0.6) is 0 Å². The van der Waals surface area contributed by atoms with Crippen molar-refractivity contribution in [3.05, 3.63) is 108 Å². The zero-order valence-corrected chi connectivity index (χ0v) is 24.5. The maximum absolute atomic E-state index is 13.4. The SMILES string of the molecule is Cc1cc(C)nc(NS(=O)(=O)c2ccc(NC(=O)CC3SC(=Nc4ccccc4)N(Cc4ccccc4)C3=O)cc2)n1. The fourth-order valence-electron chi connectivity index (χ4n) is 4.30. The third-order valence-electron chi connectivity index (χ3n) is 6.21. The highest BCUT2D eigenvalue weighted by atomic mass is 32.2. The van der Waals surface area contributed by atoms with Gasteiger partial charge in [-0.15, -0.1) is 0 Å². The zero-order valence-electron chi connectivity index (χ0n) is 22.9. The molecule has 12 heteroatoms. The van der Waals surface area contributed by atoms with Gasteiger partial charge in [0.1, 0.15) is 5.25 Å². The van der Waals surface area contributed by atoms with E-state index in [0.717, 1.165) is 5.56 Å². The normalized spacial score (nSPS) is 16.0. The van der Waals surface area contributed by atoms with Gasteiger partial charge in [0.05, 0.1) is 17.1 Å². The summed E-state index contributed by atoms with van der Waals surface area (Å²) in [7, 11) is -3.94. The van der Waals surface area contributed by atoms with Crippen LogP contribution in [-0.2, 0) is 26.2 Å². The number of thioether (sulfide) groups is 1. The number of sulfonamides is 1. The number of hydrogen-bond donors (Lipinski definition) is 2. The molecule has 5 rings (SSSR count). The molecule has 10 nitrogen and oxygen atoms in total. The predicted octanol–water partition coefficient (Wildman–Crippen LogP) is 5.05. The van der Waals surface area contributed by atoms with Crippen LogP contribution in [0.2, 0.25) is 0 Å². The lowest BCUT2D eigenvalue weighted by molar-refractivity contribution is -0.128. The van der Waals surface area contributed by atoms with Gasteiger partial charge in [0.2, 0.25) is 17.8 Å². The van der Waals surface area contributed by atoms with Gasteiger partial charge in [0.25, 0.3) is 10.0 Å². The van der Waals surface area contributed by atoms with Crippen LogP contribution in [0.4, 0.5) is 17.3 Å². The van der Waals surface area contributed by atoms with E-state index in [4.69, 9.17) is 0 Å². The number of aromatic nitrogens is 2. The van der Waals surface area contributed by atoms with E-state index in [1.807, 2.05) is 60.7 Å². The molecule has 1 atom stereocenters. The summed E-state index contributed by atoms with van der Waals surface area (Å²) in [6.07, 6.45) is -0.0751. The number of nitrogens with zero attached hydrogens (tertiary/aromatic N) is 4. The Morgan fingerprint density at radius 2 is 1.55 bits per heavy atom. The van der Waals surface area contributed by atoms with Crippen molar-refractivity contribution in [2.75, 3.05) is 10.0 Å². The van der Waals surface area contributed by atoms with Gasteiger partial charge in [0, 0.05) is 23.5 Å². The summed E-state index contributed by atoms with van der Waals surface area (Å²) in [4.78, 5) is 40.9. The number of aliphatic imine (C=N–C) groups is 1. The molecule has 2 N–H and O–H groups in total. The lowest BCUT2D eigenvalue weighted by atomic mass is 10.2. The maximum Gasteiger partial charge on any atom is 0.264 e. The van der Waals surface area contributed by atoms with E-state index in [9.17, 15) is 18.0 Å². The smallest absolute Gasteiger partial charge is 0.264 e. The number of rotatable bonds is 9. The van der Waals surface area contributed by atoms with Gasteiger partial charge >= 0.3 is 0 Å². The number of anilines is 2. The van der Waals surface area contributed by atoms with Crippen molar-refractivity contribution in [2.45, 2.75) is 37.0 Å². The number of amides is 2. The van der Waals surface area contributed by atoms with Crippen LogP contribution in [0.25, 0.3) is 0 Å². The molecule has 0 aliphatic carbocycles. The average Bonchev–Trinajstić information content (AvgIpc) is 3.22. The summed E-state index contributed by atoms with van der Waals surface area (Å²) < 4.78 is 28.0. The van der Waals surface area contributed by atoms with E-state index in [2.05, 4.69) is 25.0 Å². The quantitative estimate of drug-likeness (QED) is 0.274. The van der Waals surface area contributed by atoms with Gasteiger partial charge in [-0.3, -0.25) is 14.5 Å². The van der Waals surface area contributed by atoms with Crippen LogP contribution in [0.15, 0.2) is 101 Å². The molecule has 4 aromatic rings. The van der Waals surface area contributed by atoms with Crippen molar-refractivity contribution in [2.24, 2.45) is 4.99 Å². The van der Waals surface area contributed by atoms with Crippen molar-refractivity contribution in [1.82, 2.24) is 14.9 Å². The molecule has 1 aliphatic heterocycles. The second kappa shape index (κ2) is 12.5. The van der Waals surface area contributed by atoms with Crippen molar-refractivity contribution in [1.29, 1.82) is 0 Å². The van der Waals surface area contributed by atoms with E-state index in [1.54, 1.807) is 24.8 Å². The van der Waals surface area contributed by atoms with E-state index in [1.165, 1.54) is 36.0 Å². The maximum atomic E-state index is 13.4. The highest BCUT2D eigenvalue weighted by molar-refractivity contribution is 8.15. The van der Waals surface area contributed by atoms with Crippen LogP contribution in [0.3, 0.4) is 0 Å². The lowest BCUT2D eigenvalue weighted by Crippen LogP contribution is -2.33. The number of carbonyl (C=O) groups excluding carboxylic acids is 2. The molecule has 1 aliphatic rings. The number of benzene rings is 3. The largest absolute Gasteiger partial charge is 0.326 e. The molecule has 0 spiro atoms. The monoisotopic (exact) mass is 600 g/mol.